The summed E-state index contributed by atoms with van der Waals surface area (Å²) in [6.45, 7) is 2.89. The number of hydrogen-bond donors (Lipinski definition) is 1. The van der Waals surface area contributed by atoms with Crippen LogP contribution in [-0.2, 0) is 21.7 Å². The Kier molecular flexibility index (Phi) is 5.35. The molecule has 0 atom stereocenters. The lowest BCUT2D eigenvalue weighted by Crippen LogP contribution is -2.37. The van der Waals surface area contributed by atoms with Crippen molar-refractivity contribution in [2.75, 3.05) is 13.7 Å². The van der Waals surface area contributed by atoms with E-state index >= 15 is 0 Å². The van der Waals surface area contributed by atoms with Crippen molar-refractivity contribution in [1.29, 1.82) is 0 Å². The zero-order chi connectivity index (χ0) is 14.6. The Morgan fingerprint density at radius 3 is 2.65 bits per heavy atom. The zero-order valence-corrected chi connectivity index (χ0v) is 13.6. The van der Waals surface area contributed by atoms with Gasteiger partial charge >= 0.3 is 0 Å². The number of ether oxygens (including phenoxy) is 2. The number of H-pyrrole nitrogens is 1. The summed E-state index contributed by atoms with van der Waals surface area (Å²) in [6.07, 6.45) is 5.20. The second-order valence-electron chi connectivity index (χ2n) is 5.10. The van der Waals surface area contributed by atoms with E-state index in [1.54, 1.807) is 7.11 Å². The molecule has 112 valence electrons. The first kappa shape index (κ1) is 15.7. The minimum absolute atomic E-state index is 0.174. The van der Waals surface area contributed by atoms with Gasteiger partial charge in [0.1, 0.15) is 15.9 Å². The Balaban J connectivity index is 2.45. The number of halogens is 1. The molecule has 0 radical (unpaired) electrons. The number of nitrogens with zero attached hydrogens (tertiary/aromatic N) is 1. The van der Waals surface area contributed by atoms with Gasteiger partial charge in [-0.25, -0.2) is 4.98 Å². The van der Waals surface area contributed by atoms with Crippen LogP contribution in [0.15, 0.2) is 9.27 Å². The summed E-state index contributed by atoms with van der Waals surface area (Å²) in [5, 5.41) is 0. The van der Waals surface area contributed by atoms with Gasteiger partial charge in [0.15, 0.2) is 0 Å². The van der Waals surface area contributed by atoms with E-state index in [4.69, 9.17) is 9.47 Å². The van der Waals surface area contributed by atoms with Gasteiger partial charge in [-0.05, 0) is 35.7 Å². The van der Waals surface area contributed by atoms with E-state index in [1.807, 2.05) is 6.92 Å². The normalized spacial score (nSPS) is 18.1. The van der Waals surface area contributed by atoms with Crippen molar-refractivity contribution in [2.45, 2.75) is 51.2 Å². The summed E-state index contributed by atoms with van der Waals surface area (Å²) in [5.74, 6) is 0.638. The summed E-state index contributed by atoms with van der Waals surface area (Å²) in [7, 11) is 1.59. The van der Waals surface area contributed by atoms with Crippen LogP contribution < -0.4 is 5.56 Å². The summed E-state index contributed by atoms with van der Waals surface area (Å²) in [6, 6.07) is 0. The van der Waals surface area contributed by atoms with Crippen molar-refractivity contribution in [1.82, 2.24) is 9.97 Å². The number of aromatic nitrogens is 2. The minimum atomic E-state index is -0.449. The van der Waals surface area contributed by atoms with E-state index in [0.29, 0.717) is 29.2 Å². The maximum Gasteiger partial charge on any atom is 0.265 e. The van der Waals surface area contributed by atoms with Crippen LogP contribution in [-0.4, -0.2) is 23.7 Å². The van der Waals surface area contributed by atoms with Crippen LogP contribution in [0.4, 0.5) is 0 Å². The summed E-state index contributed by atoms with van der Waals surface area (Å²) >= 11 is 3.27. The highest BCUT2D eigenvalue weighted by Gasteiger charge is 2.37. The average Bonchev–Trinajstić information content (AvgIpc) is 2.45. The van der Waals surface area contributed by atoms with Crippen LogP contribution in [0.3, 0.4) is 0 Å². The maximum absolute atomic E-state index is 12.1. The van der Waals surface area contributed by atoms with Crippen molar-refractivity contribution in [3.63, 3.8) is 0 Å². The second-order valence-corrected chi connectivity index (χ2v) is 5.89. The quantitative estimate of drug-likeness (QED) is 0.891. The molecule has 20 heavy (non-hydrogen) atoms. The highest BCUT2D eigenvalue weighted by Crippen LogP contribution is 2.38. The molecule has 1 heterocycles. The molecular formula is C14H21BrN2O3. The molecule has 1 saturated carbocycles. The molecule has 0 aromatic carbocycles. The number of rotatable bonds is 5. The smallest absolute Gasteiger partial charge is 0.265 e. The van der Waals surface area contributed by atoms with Gasteiger partial charge in [0, 0.05) is 13.7 Å². The lowest BCUT2D eigenvalue weighted by molar-refractivity contribution is -0.0771. The van der Waals surface area contributed by atoms with E-state index in [9.17, 15) is 4.79 Å². The predicted molar refractivity (Wildman–Crippen MR) is 79.7 cm³/mol. The third-order valence-electron chi connectivity index (χ3n) is 3.73. The van der Waals surface area contributed by atoms with Crippen LogP contribution in [0.25, 0.3) is 0 Å². The van der Waals surface area contributed by atoms with Gasteiger partial charge in [0.2, 0.25) is 0 Å². The Labute approximate surface area is 127 Å². The number of nitrogens with one attached hydrogen (secondary N) is 1. The van der Waals surface area contributed by atoms with Crippen molar-refractivity contribution in [3.05, 3.63) is 26.3 Å². The molecular weight excluding hydrogens is 324 g/mol. The molecule has 0 aliphatic heterocycles. The largest absolute Gasteiger partial charge is 0.378 e. The molecule has 1 fully saturated rings. The highest BCUT2D eigenvalue weighted by atomic mass is 79.9. The first-order valence-corrected chi connectivity index (χ1v) is 7.84. The van der Waals surface area contributed by atoms with Gasteiger partial charge < -0.3 is 14.5 Å². The van der Waals surface area contributed by atoms with Crippen molar-refractivity contribution >= 4 is 15.9 Å². The number of hydrogen-bond acceptors (Lipinski definition) is 4. The van der Waals surface area contributed by atoms with Gasteiger partial charge in [0.25, 0.3) is 5.56 Å². The van der Waals surface area contributed by atoms with Crippen LogP contribution >= 0.6 is 15.9 Å². The van der Waals surface area contributed by atoms with Gasteiger partial charge in [-0.2, -0.15) is 0 Å². The van der Waals surface area contributed by atoms with Gasteiger partial charge in [0.05, 0.1) is 12.3 Å². The molecule has 1 aliphatic rings. The van der Waals surface area contributed by atoms with Crippen LogP contribution in [0.5, 0.6) is 0 Å². The zero-order valence-electron chi connectivity index (χ0n) is 12.0. The molecule has 1 aromatic rings. The van der Waals surface area contributed by atoms with Crippen LogP contribution in [0, 0.1) is 0 Å². The van der Waals surface area contributed by atoms with Crippen molar-refractivity contribution in [2.24, 2.45) is 0 Å². The lowest BCUT2D eigenvalue weighted by Gasteiger charge is -2.36. The Morgan fingerprint density at radius 2 is 2.05 bits per heavy atom. The molecule has 0 spiro atoms. The Bertz CT molecular complexity index is 504. The van der Waals surface area contributed by atoms with E-state index in [1.165, 1.54) is 6.42 Å². The molecule has 1 aromatic heterocycles. The standard InChI is InChI=1S/C14H21BrN2O3/c1-3-20-14(7-5-4-6-8-14)13-16-10(9-19-2)11(15)12(18)17-13/h3-9H2,1-2H3,(H,16,17,18). The topological polar surface area (TPSA) is 64.2 Å². The fourth-order valence-corrected chi connectivity index (χ4v) is 3.10. The monoisotopic (exact) mass is 344 g/mol. The fourth-order valence-electron chi connectivity index (χ4n) is 2.80. The first-order chi connectivity index (χ1) is 9.63. The number of aromatic amines is 1. The fraction of sp³-hybridized carbons (Fsp3) is 0.714. The molecule has 0 amide bonds. The third kappa shape index (κ3) is 3.13. The highest BCUT2D eigenvalue weighted by molar-refractivity contribution is 9.10. The number of methoxy groups -OCH3 is 1. The molecule has 0 bridgehead atoms. The molecule has 5 nitrogen and oxygen atoms in total. The lowest BCUT2D eigenvalue weighted by atomic mass is 9.83. The molecule has 6 heteroatoms. The Hall–Kier alpha value is -0.720. The van der Waals surface area contributed by atoms with Crippen LogP contribution in [0.2, 0.25) is 0 Å². The average molecular weight is 345 g/mol. The van der Waals surface area contributed by atoms with Gasteiger partial charge in [-0.1, -0.05) is 19.3 Å². The molecule has 0 unspecified atom stereocenters. The second kappa shape index (κ2) is 6.83. The maximum atomic E-state index is 12.1. The Morgan fingerprint density at radius 1 is 1.35 bits per heavy atom. The predicted octanol–water partition coefficient (Wildman–Crippen LogP) is 2.87. The molecule has 2 rings (SSSR count). The van der Waals surface area contributed by atoms with E-state index in [-0.39, 0.29) is 5.56 Å². The van der Waals surface area contributed by atoms with Gasteiger partial charge in [-0.15, -0.1) is 0 Å². The molecule has 1 aliphatic carbocycles. The van der Waals surface area contributed by atoms with Gasteiger partial charge in [-0.3, -0.25) is 4.79 Å². The van der Waals surface area contributed by atoms with E-state index < -0.39 is 5.60 Å². The summed E-state index contributed by atoms with van der Waals surface area (Å²) in [5.41, 5.74) is -0.00220. The molecule has 1 N–H and O–H groups in total. The van der Waals surface area contributed by atoms with E-state index in [0.717, 1.165) is 25.7 Å². The first-order valence-electron chi connectivity index (χ1n) is 7.05. The van der Waals surface area contributed by atoms with Crippen LogP contribution in [0.1, 0.15) is 50.5 Å². The molecule has 0 saturated heterocycles. The van der Waals surface area contributed by atoms with E-state index in [2.05, 4.69) is 25.9 Å². The third-order valence-corrected chi connectivity index (χ3v) is 4.54. The minimum Gasteiger partial charge on any atom is -0.378 e. The summed E-state index contributed by atoms with van der Waals surface area (Å²) in [4.78, 5) is 19.5. The van der Waals surface area contributed by atoms with Crippen molar-refractivity contribution in [3.8, 4) is 0 Å². The SMILES string of the molecule is CCOC1(c2nc(COC)c(Br)c(=O)[nH]2)CCCCC1. The van der Waals surface area contributed by atoms with Crippen molar-refractivity contribution < 1.29 is 9.47 Å². The summed E-state index contributed by atoms with van der Waals surface area (Å²) < 4.78 is 11.5.